The second-order valence-corrected chi connectivity index (χ2v) is 3.47. The standard InChI is InChI=1S/C5H8N2O7S/c1-4(8)15-3-5(14-7(11)12)2-13-6(9)10/h5H,2-3H2,1H3. The van der Waals surface area contributed by atoms with Crippen molar-refractivity contribution in [2.75, 3.05) is 12.4 Å². The van der Waals surface area contributed by atoms with E-state index in [2.05, 4.69) is 9.68 Å². The van der Waals surface area contributed by atoms with Crippen molar-refractivity contribution in [2.24, 2.45) is 0 Å². The van der Waals surface area contributed by atoms with Crippen LogP contribution in [-0.2, 0) is 14.5 Å². The van der Waals surface area contributed by atoms with Crippen LogP contribution in [0.25, 0.3) is 0 Å². The molecule has 0 aromatic carbocycles. The maximum Gasteiger partial charge on any atom is 0.294 e. The lowest BCUT2D eigenvalue weighted by Crippen LogP contribution is -2.27. The fourth-order valence-corrected chi connectivity index (χ4v) is 1.16. The van der Waals surface area contributed by atoms with Gasteiger partial charge in [-0.1, -0.05) is 11.8 Å². The van der Waals surface area contributed by atoms with Crippen molar-refractivity contribution in [3.63, 3.8) is 0 Å². The Morgan fingerprint density at radius 2 is 2.00 bits per heavy atom. The largest absolute Gasteiger partial charge is 0.312 e. The third kappa shape index (κ3) is 8.74. The van der Waals surface area contributed by atoms with Crippen LogP contribution in [0.5, 0.6) is 0 Å². The zero-order valence-electron chi connectivity index (χ0n) is 7.65. The van der Waals surface area contributed by atoms with Crippen molar-refractivity contribution in [1.29, 1.82) is 0 Å². The Morgan fingerprint density at radius 3 is 2.40 bits per heavy atom. The maximum atomic E-state index is 10.5. The van der Waals surface area contributed by atoms with E-state index in [4.69, 9.17) is 0 Å². The number of hydrogen-bond donors (Lipinski definition) is 0. The SMILES string of the molecule is CC(=O)SCC(CO[N+](=O)[O-])O[N+](=O)[O-]. The summed E-state index contributed by atoms with van der Waals surface area (Å²) in [5.74, 6) is -0.0792. The van der Waals surface area contributed by atoms with Crippen LogP contribution in [0.1, 0.15) is 6.92 Å². The van der Waals surface area contributed by atoms with E-state index < -0.39 is 22.9 Å². The van der Waals surface area contributed by atoms with Gasteiger partial charge in [-0.25, -0.2) is 0 Å². The van der Waals surface area contributed by atoms with Crippen LogP contribution in [0.15, 0.2) is 0 Å². The molecule has 0 saturated carbocycles. The van der Waals surface area contributed by atoms with Crippen LogP contribution >= 0.6 is 11.8 Å². The molecule has 0 aliphatic rings. The molecular formula is C5H8N2O7S. The summed E-state index contributed by atoms with van der Waals surface area (Å²) in [6, 6.07) is 0. The lowest BCUT2D eigenvalue weighted by atomic mass is 10.4. The van der Waals surface area contributed by atoms with Crippen molar-refractivity contribution in [1.82, 2.24) is 0 Å². The number of thioether (sulfide) groups is 1. The monoisotopic (exact) mass is 240 g/mol. The first-order chi connectivity index (χ1) is 6.91. The van der Waals surface area contributed by atoms with Crippen molar-refractivity contribution >= 4 is 16.9 Å². The molecule has 0 saturated heterocycles. The molecule has 0 aliphatic heterocycles. The molecule has 1 atom stereocenters. The average molecular weight is 240 g/mol. The molecular weight excluding hydrogens is 232 g/mol. The first-order valence-electron chi connectivity index (χ1n) is 3.63. The molecule has 0 bridgehead atoms. The number of carbonyl (C=O) groups is 1. The minimum Gasteiger partial charge on any atom is -0.312 e. The van der Waals surface area contributed by atoms with Gasteiger partial charge >= 0.3 is 0 Å². The van der Waals surface area contributed by atoms with Gasteiger partial charge in [0, 0.05) is 12.7 Å². The van der Waals surface area contributed by atoms with Crippen LogP contribution in [0.4, 0.5) is 0 Å². The second kappa shape index (κ2) is 6.81. The molecule has 1 unspecified atom stereocenters. The summed E-state index contributed by atoms with van der Waals surface area (Å²) in [5, 5.41) is 17.3. The third-order valence-electron chi connectivity index (χ3n) is 1.07. The van der Waals surface area contributed by atoms with Gasteiger partial charge in [0.1, 0.15) is 12.7 Å². The molecule has 9 nitrogen and oxygen atoms in total. The molecule has 10 heteroatoms. The van der Waals surface area contributed by atoms with Crippen LogP contribution in [0, 0.1) is 20.2 Å². The normalized spacial score (nSPS) is 11.5. The number of carbonyl (C=O) groups excluding carboxylic acids is 1. The summed E-state index contributed by atoms with van der Waals surface area (Å²) in [6.45, 7) is 0.677. The summed E-state index contributed by atoms with van der Waals surface area (Å²) in [5.41, 5.74) is 0. The van der Waals surface area contributed by atoms with Gasteiger partial charge in [-0.3, -0.25) is 4.79 Å². The fraction of sp³-hybridized carbons (Fsp3) is 0.800. The van der Waals surface area contributed by atoms with E-state index in [1.807, 2.05) is 0 Å². The van der Waals surface area contributed by atoms with Gasteiger partial charge in [-0.15, -0.1) is 20.2 Å². The van der Waals surface area contributed by atoms with E-state index in [1.165, 1.54) is 6.92 Å². The fourth-order valence-electron chi connectivity index (χ4n) is 0.585. The highest BCUT2D eigenvalue weighted by atomic mass is 32.2. The van der Waals surface area contributed by atoms with Crippen LogP contribution < -0.4 is 0 Å². The van der Waals surface area contributed by atoms with E-state index >= 15 is 0 Å². The molecule has 0 fully saturated rings. The number of nitrogens with zero attached hydrogens (tertiary/aromatic N) is 2. The van der Waals surface area contributed by atoms with Crippen molar-refractivity contribution in [3.8, 4) is 0 Å². The lowest BCUT2D eigenvalue weighted by molar-refractivity contribution is -0.788. The first-order valence-corrected chi connectivity index (χ1v) is 4.62. The van der Waals surface area contributed by atoms with Crippen LogP contribution in [0.3, 0.4) is 0 Å². The van der Waals surface area contributed by atoms with Crippen molar-refractivity contribution in [3.05, 3.63) is 20.2 Å². The molecule has 0 radical (unpaired) electrons. The topological polar surface area (TPSA) is 122 Å². The van der Waals surface area contributed by atoms with Gasteiger partial charge in [0.05, 0.1) is 0 Å². The molecule has 15 heavy (non-hydrogen) atoms. The van der Waals surface area contributed by atoms with Crippen molar-refractivity contribution < 1.29 is 24.6 Å². The van der Waals surface area contributed by atoms with Gasteiger partial charge in [0.15, 0.2) is 5.12 Å². The Bertz CT molecular complexity index is 240. The summed E-state index contributed by atoms with van der Waals surface area (Å²) in [7, 11) is 0. The lowest BCUT2D eigenvalue weighted by Gasteiger charge is -2.11. The molecule has 0 aliphatic carbocycles. The van der Waals surface area contributed by atoms with Crippen LogP contribution in [0.2, 0.25) is 0 Å². The molecule has 0 heterocycles. The Morgan fingerprint density at radius 1 is 1.40 bits per heavy atom. The Balaban J connectivity index is 3.99. The molecule has 0 amide bonds. The predicted molar refractivity (Wildman–Crippen MR) is 48.0 cm³/mol. The minimum atomic E-state index is -1.14. The summed E-state index contributed by atoms with van der Waals surface area (Å²) in [6.07, 6.45) is -1.14. The maximum absolute atomic E-state index is 10.5. The molecule has 0 rings (SSSR count). The van der Waals surface area contributed by atoms with E-state index in [0.717, 1.165) is 11.8 Å². The summed E-state index contributed by atoms with van der Waals surface area (Å²) < 4.78 is 0. The molecule has 0 spiro atoms. The molecule has 0 N–H and O–H groups in total. The van der Waals surface area contributed by atoms with E-state index in [1.54, 1.807) is 0 Å². The predicted octanol–water partition coefficient (Wildman–Crippen LogP) is 0.0513. The highest BCUT2D eigenvalue weighted by Gasteiger charge is 2.16. The van der Waals surface area contributed by atoms with E-state index in [9.17, 15) is 25.0 Å². The van der Waals surface area contributed by atoms with E-state index in [-0.39, 0.29) is 10.9 Å². The molecule has 0 aromatic rings. The van der Waals surface area contributed by atoms with Crippen LogP contribution in [-0.4, -0.2) is 33.8 Å². The van der Waals surface area contributed by atoms with Gasteiger partial charge in [-0.05, 0) is 0 Å². The Kier molecular flexibility index (Phi) is 6.09. The Labute approximate surface area is 87.9 Å². The zero-order valence-corrected chi connectivity index (χ0v) is 8.47. The average Bonchev–Trinajstić information content (AvgIpc) is 2.08. The number of rotatable bonds is 7. The smallest absolute Gasteiger partial charge is 0.294 e. The second-order valence-electron chi connectivity index (χ2n) is 2.27. The van der Waals surface area contributed by atoms with Gasteiger partial charge in [0.25, 0.3) is 10.2 Å². The summed E-state index contributed by atoms with van der Waals surface area (Å²) >= 11 is 0.762. The molecule has 0 aromatic heterocycles. The Hall–Kier alpha value is -1.58. The van der Waals surface area contributed by atoms with Gasteiger partial charge in [0.2, 0.25) is 0 Å². The quantitative estimate of drug-likeness (QED) is 0.452. The molecule has 86 valence electrons. The third-order valence-corrected chi connectivity index (χ3v) is 2.02. The van der Waals surface area contributed by atoms with Gasteiger partial charge < -0.3 is 9.68 Å². The minimum absolute atomic E-state index is 0.0792. The summed E-state index contributed by atoms with van der Waals surface area (Å²) in [4.78, 5) is 38.3. The van der Waals surface area contributed by atoms with E-state index in [0.29, 0.717) is 0 Å². The highest BCUT2D eigenvalue weighted by molar-refractivity contribution is 8.13. The number of hydrogen-bond acceptors (Lipinski definition) is 8. The highest BCUT2D eigenvalue weighted by Crippen LogP contribution is 2.07. The van der Waals surface area contributed by atoms with Crippen molar-refractivity contribution in [2.45, 2.75) is 13.0 Å². The first kappa shape index (κ1) is 13.4. The van der Waals surface area contributed by atoms with Gasteiger partial charge in [-0.2, -0.15) is 0 Å². The zero-order chi connectivity index (χ0) is 11.8.